The molecule has 106 valence electrons. The summed E-state index contributed by atoms with van der Waals surface area (Å²) in [5, 5.41) is 14.1. The molecule has 0 aliphatic rings. The zero-order valence-electron chi connectivity index (χ0n) is 11.3. The molecule has 1 aromatic carbocycles. The SMILES string of the molecule is Cc1cc(O)ccc1NC(=O)/C=C/c1cnc2sccn12. The lowest BCUT2D eigenvalue weighted by atomic mass is 10.2. The van der Waals surface area contributed by atoms with Crippen LogP contribution in [0.25, 0.3) is 11.0 Å². The minimum absolute atomic E-state index is 0.181. The number of aryl methyl sites for hydroxylation is 1. The highest BCUT2D eigenvalue weighted by Gasteiger charge is 2.04. The second-order valence-corrected chi connectivity index (χ2v) is 5.43. The molecule has 0 saturated carbocycles. The van der Waals surface area contributed by atoms with Crippen molar-refractivity contribution in [3.05, 3.63) is 53.3 Å². The molecule has 0 aliphatic carbocycles. The predicted molar refractivity (Wildman–Crippen MR) is 83.6 cm³/mol. The van der Waals surface area contributed by atoms with E-state index in [9.17, 15) is 9.90 Å². The number of aromatic nitrogens is 2. The lowest BCUT2D eigenvalue weighted by molar-refractivity contribution is -0.111. The molecule has 0 fully saturated rings. The van der Waals surface area contributed by atoms with E-state index < -0.39 is 0 Å². The summed E-state index contributed by atoms with van der Waals surface area (Å²) in [7, 11) is 0. The second kappa shape index (κ2) is 5.41. The molecule has 0 spiro atoms. The van der Waals surface area contributed by atoms with E-state index in [1.165, 1.54) is 12.1 Å². The van der Waals surface area contributed by atoms with Crippen LogP contribution in [0.3, 0.4) is 0 Å². The number of benzene rings is 1. The van der Waals surface area contributed by atoms with E-state index in [0.717, 1.165) is 16.2 Å². The van der Waals surface area contributed by atoms with Gasteiger partial charge in [-0.3, -0.25) is 9.20 Å². The predicted octanol–water partition coefficient (Wildman–Crippen LogP) is 3.06. The summed E-state index contributed by atoms with van der Waals surface area (Å²) >= 11 is 1.54. The van der Waals surface area contributed by atoms with Crippen LogP contribution >= 0.6 is 11.3 Å². The Balaban J connectivity index is 1.74. The van der Waals surface area contributed by atoms with Crippen molar-refractivity contribution in [2.24, 2.45) is 0 Å². The minimum atomic E-state index is -0.228. The number of rotatable bonds is 3. The van der Waals surface area contributed by atoms with Gasteiger partial charge in [0.1, 0.15) is 5.75 Å². The minimum Gasteiger partial charge on any atom is -0.508 e. The number of phenolic OH excluding ortho intramolecular Hbond substituents is 1. The number of phenols is 1. The average Bonchev–Trinajstić information content (AvgIpc) is 3.03. The van der Waals surface area contributed by atoms with Crippen molar-refractivity contribution in [2.45, 2.75) is 6.92 Å². The van der Waals surface area contributed by atoms with Gasteiger partial charge in [0.25, 0.3) is 0 Å². The van der Waals surface area contributed by atoms with Gasteiger partial charge >= 0.3 is 0 Å². The Bertz CT molecular complexity index is 832. The topological polar surface area (TPSA) is 66.6 Å². The second-order valence-electron chi connectivity index (χ2n) is 4.56. The lowest BCUT2D eigenvalue weighted by Gasteiger charge is -2.06. The summed E-state index contributed by atoms with van der Waals surface area (Å²) < 4.78 is 1.92. The quantitative estimate of drug-likeness (QED) is 0.577. The van der Waals surface area contributed by atoms with Gasteiger partial charge in [0.2, 0.25) is 5.91 Å². The maximum Gasteiger partial charge on any atom is 0.248 e. The van der Waals surface area contributed by atoms with Crippen LogP contribution in [0.1, 0.15) is 11.3 Å². The molecule has 0 bridgehead atoms. The van der Waals surface area contributed by atoms with Crippen LogP contribution in [0.15, 0.2) is 42.0 Å². The van der Waals surface area contributed by atoms with Crippen molar-refractivity contribution < 1.29 is 9.90 Å². The number of nitrogens with one attached hydrogen (secondary N) is 1. The first-order valence-electron chi connectivity index (χ1n) is 6.33. The Hall–Kier alpha value is -2.60. The van der Waals surface area contributed by atoms with E-state index in [1.807, 2.05) is 22.9 Å². The first-order valence-corrected chi connectivity index (χ1v) is 7.21. The van der Waals surface area contributed by atoms with Gasteiger partial charge in [-0.2, -0.15) is 0 Å². The molecule has 21 heavy (non-hydrogen) atoms. The van der Waals surface area contributed by atoms with E-state index >= 15 is 0 Å². The van der Waals surface area contributed by atoms with Gasteiger partial charge in [-0.15, -0.1) is 11.3 Å². The molecule has 0 saturated heterocycles. The Kier molecular flexibility index (Phi) is 3.45. The van der Waals surface area contributed by atoms with E-state index in [0.29, 0.717) is 5.69 Å². The van der Waals surface area contributed by atoms with Crippen LogP contribution < -0.4 is 5.32 Å². The van der Waals surface area contributed by atoms with E-state index in [4.69, 9.17) is 0 Å². The molecule has 6 heteroatoms. The maximum atomic E-state index is 11.9. The molecule has 2 N–H and O–H groups in total. The van der Waals surface area contributed by atoms with Gasteiger partial charge in [-0.1, -0.05) is 0 Å². The van der Waals surface area contributed by atoms with E-state index in [1.54, 1.807) is 35.7 Å². The summed E-state index contributed by atoms with van der Waals surface area (Å²) in [4.78, 5) is 17.1. The molecule has 3 aromatic rings. The molecular formula is C15H13N3O2S. The number of aromatic hydroxyl groups is 1. The Morgan fingerprint density at radius 3 is 3.14 bits per heavy atom. The Labute approximate surface area is 125 Å². The lowest BCUT2D eigenvalue weighted by Crippen LogP contribution is -2.08. The number of nitrogens with zero attached hydrogens (tertiary/aromatic N) is 2. The van der Waals surface area contributed by atoms with Gasteiger partial charge in [0.05, 0.1) is 11.9 Å². The van der Waals surface area contributed by atoms with E-state index in [-0.39, 0.29) is 11.7 Å². The van der Waals surface area contributed by atoms with Crippen molar-refractivity contribution >= 4 is 34.0 Å². The number of carbonyl (C=O) groups excluding carboxylic acids is 1. The number of hydrogen-bond donors (Lipinski definition) is 2. The third-order valence-corrected chi connectivity index (χ3v) is 3.82. The largest absolute Gasteiger partial charge is 0.508 e. The van der Waals surface area contributed by atoms with Gasteiger partial charge in [0, 0.05) is 23.3 Å². The normalized spacial score (nSPS) is 11.3. The smallest absolute Gasteiger partial charge is 0.248 e. The zero-order chi connectivity index (χ0) is 14.8. The number of imidazole rings is 1. The summed E-state index contributed by atoms with van der Waals surface area (Å²) in [6.07, 6.45) is 6.82. The molecule has 0 aliphatic heterocycles. The average molecular weight is 299 g/mol. The molecule has 3 rings (SSSR count). The van der Waals surface area contributed by atoms with Crippen LogP contribution in [0, 0.1) is 6.92 Å². The first-order chi connectivity index (χ1) is 10.1. The summed E-state index contributed by atoms with van der Waals surface area (Å²) in [5.74, 6) is -0.0471. The molecule has 0 radical (unpaired) electrons. The number of anilines is 1. The van der Waals surface area contributed by atoms with Gasteiger partial charge < -0.3 is 10.4 Å². The van der Waals surface area contributed by atoms with Crippen LogP contribution in [-0.2, 0) is 4.79 Å². The van der Waals surface area contributed by atoms with Crippen molar-refractivity contribution in [1.82, 2.24) is 9.38 Å². The number of amides is 1. The van der Waals surface area contributed by atoms with Crippen LogP contribution in [0.2, 0.25) is 0 Å². The molecule has 2 heterocycles. The fourth-order valence-electron chi connectivity index (χ4n) is 1.99. The highest BCUT2D eigenvalue weighted by atomic mass is 32.1. The van der Waals surface area contributed by atoms with Crippen LogP contribution in [-0.4, -0.2) is 20.4 Å². The fourth-order valence-corrected chi connectivity index (χ4v) is 2.69. The Morgan fingerprint density at radius 1 is 1.48 bits per heavy atom. The summed E-state index contributed by atoms with van der Waals surface area (Å²) in [5.41, 5.74) is 2.33. The monoisotopic (exact) mass is 299 g/mol. The third kappa shape index (κ3) is 2.80. The number of hydrogen-bond acceptors (Lipinski definition) is 4. The Morgan fingerprint density at radius 2 is 2.33 bits per heavy atom. The first kappa shape index (κ1) is 13.4. The highest BCUT2D eigenvalue weighted by molar-refractivity contribution is 7.15. The molecule has 1 amide bonds. The van der Waals surface area contributed by atoms with Crippen LogP contribution in [0.5, 0.6) is 5.75 Å². The van der Waals surface area contributed by atoms with E-state index in [2.05, 4.69) is 10.3 Å². The molecular weight excluding hydrogens is 286 g/mol. The van der Waals surface area contributed by atoms with Crippen LogP contribution in [0.4, 0.5) is 5.69 Å². The standard InChI is InChI=1S/C15H13N3O2S/c1-10-8-12(19)3-4-13(10)17-14(20)5-2-11-9-16-15-18(11)6-7-21-15/h2-9,19H,1H3,(H,17,20)/b5-2+. The molecule has 0 atom stereocenters. The summed E-state index contributed by atoms with van der Waals surface area (Å²) in [6, 6.07) is 4.82. The summed E-state index contributed by atoms with van der Waals surface area (Å²) in [6.45, 7) is 1.82. The van der Waals surface area contributed by atoms with Crippen molar-refractivity contribution in [3.8, 4) is 5.75 Å². The molecule has 5 nitrogen and oxygen atoms in total. The fraction of sp³-hybridized carbons (Fsp3) is 0.0667. The maximum absolute atomic E-state index is 11.9. The molecule has 2 aromatic heterocycles. The molecule has 0 unspecified atom stereocenters. The van der Waals surface area contributed by atoms with Gasteiger partial charge in [-0.25, -0.2) is 4.98 Å². The van der Waals surface area contributed by atoms with Gasteiger partial charge in [-0.05, 0) is 36.8 Å². The highest BCUT2D eigenvalue weighted by Crippen LogP contribution is 2.20. The number of fused-ring (bicyclic) bond motifs is 1. The third-order valence-electron chi connectivity index (χ3n) is 3.05. The van der Waals surface area contributed by atoms with Crippen molar-refractivity contribution in [2.75, 3.05) is 5.32 Å². The number of carbonyl (C=O) groups is 1. The van der Waals surface area contributed by atoms with Crippen molar-refractivity contribution in [1.29, 1.82) is 0 Å². The van der Waals surface area contributed by atoms with Gasteiger partial charge in [0.15, 0.2) is 4.96 Å². The van der Waals surface area contributed by atoms with Crippen molar-refractivity contribution in [3.63, 3.8) is 0 Å². The number of thiazole rings is 1. The zero-order valence-corrected chi connectivity index (χ0v) is 12.1.